The fourth-order valence-corrected chi connectivity index (χ4v) is 4.52. The number of hydrogen-bond donors (Lipinski definition) is 2. The molecule has 3 aromatic carbocycles. The summed E-state index contributed by atoms with van der Waals surface area (Å²) < 4.78 is 21.9. The number of carbonyl (C=O) groups is 2. The van der Waals surface area contributed by atoms with E-state index in [2.05, 4.69) is 10.4 Å². The van der Waals surface area contributed by atoms with Crippen LogP contribution in [-0.2, 0) is 22.0 Å². The molecule has 188 valence electrons. The highest BCUT2D eigenvalue weighted by Crippen LogP contribution is 2.49. The molecule has 0 unspecified atom stereocenters. The zero-order valence-corrected chi connectivity index (χ0v) is 20.4. The highest BCUT2D eigenvalue weighted by atomic mass is 19.1. The van der Waals surface area contributed by atoms with Crippen molar-refractivity contribution in [1.82, 2.24) is 9.78 Å². The van der Waals surface area contributed by atoms with Crippen LogP contribution in [0.25, 0.3) is 22.3 Å². The number of benzene rings is 3. The number of carboxylic acids is 1. The maximum absolute atomic E-state index is 14.8. The van der Waals surface area contributed by atoms with Gasteiger partial charge in [-0.25, -0.2) is 9.18 Å². The molecule has 1 aliphatic rings. The Labute approximate surface area is 213 Å². The van der Waals surface area contributed by atoms with E-state index in [1.807, 2.05) is 54.6 Å². The summed E-state index contributed by atoms with van der Waals surface area (Å²) in [5, 5.41) is 16.5. The van der Waals surface area contributed by atoms with Gasteiger partial charge in [0.2, 0.25) is 0 Å². The summed E-state index contributed by atoms with van der Waals surface area (Å²) in [4.78, 5) is 24.2. The van der Waals surface area contributed by atoms with E-state index < -0.39 is 29.4 Å². The summed E-state index contributed by atoms with van der Waals surface area (Å²) in [6.07, 6.45) is 1.54. The highest BCUT2D eigenvalue weighted by Gasteiger charge is 2.53. The number of aliphatic carboxylic acids is 1. The van der Waals surface area contributed by atoms with E-state index in [1.165, 1.54) is 6.07 Å². The fourth-order valence-electron chi connectivity index (χ4n) is 4.52. The molecule has 1 atom stereocenters. The normalized spacial score (nSPS) is 14.6. The zero-order valence-electron chi connectivity index (χ0n) is 20.4. The average molecular weight is 500 g/mol. The van der Waals surface area contributed by atoms with Crippen molar-refractivity contribution in [2.24, 2.45) is 7.05 Å². The van der Waals surface area contributed by atoms with Crippen molar-refractivity contribution in [3.05, 3.63) is 95.9 Å². The monoisotopic (exact) mass is 499 g/mol. The fraction of sp³-hybridized carbons (Fsp3) is 0.207. The molecule has 37 heavy (non-hydrogen) atoms. The van der Waals surface area contributed by atoms with Gasteiger partial charge in [-0.2, -0.15) is 5.10 Å². The minimum atomic E-state index is -1.09. The maximum Gasteiger partial charge on any atom is 0.413 e. The molecule has 1 heterocycles. The number of ether oxygens (including phenoxy) is 1. The SMILES string of the molecule is C[C@@H](OC(=O)Nc1c(-c2ccc(-c3ccc(C4(C(=O)O)CC4)c(F)c3)cc2)cnn1C)c1ccccc1. The zero-order chi connectivity index (χ0) is 26.2. The van der Waals surface area contributed by atoms with Crippen LogP contribution in [0.3, 0.4) is 0 Å². The second kappa shape index (κ2) is 9.54. The smallest absolute Gasteiger partial charge is 0.413 e. The largest absolute Gasteiger partial charge is 0.481 e. The first-order valence-corrected chi connectivity index (χ1v) is 12.0. The lowest BCUT2D eigenvalue weighted by molar-refractivity contribution is -0.140. The Morgan fingerprint density at radius 2 is 1.68 bits per heavy atom. The van der Waals surface area contributed by atoms with E-state index in [0.29, 0.717) is 29.8 Å². The Bertz CT molecular complexity index is 1460. The van der Waals surface area contributed by atoms with Gasteiger partial charge in [0.15, 0.2) is 0 Å². The number of hydrogen-bond acceptors (Lipinski definition) is 4. The van der Waals surface area contributed by atoms with Gasteiger partial charge < -0.3 is 9.84 Å². The summed E-state index contributed by atoms with van der Waals surface area (Å²) in [5.74, 6) is -1.01. The van der Waals surface area contributed by atoms with Gasteiger partial charge in [0.05, 0.1) is 11.6 Å². The van der Waals surface area contributed by atoms with Crippen molar-refractivity contribution in [3.63, 3.8) is 0 Å². The van der Waals surface area contributed by atoms with E-state index >= 15 is 0 Å². The topological polar surface area (TPSA) is 93.4 Å². The van der Waals surface area contributed by atoms with Crippen molar-refractivity contribution >= 4 is 17.9 Å². The molecule has 1 aliphatic carbocycles. The Hall–Kier alpha value is -4.46. The first kappa shape index (κ1) is 24.2. The van der Waals surface area contributed by atoms with Crippen LogP contribution in [0.5, 0.6) is 0 Å². The minimum absolute atomic E-state index is 0.236. The summed E-state index contributed by atoms with van der Waals surface area (Å²) in [6, 6.07) is 21.6. The predicted molar refractivity (Wildman–Crippen MR) is 138 cm³/mol. The van der Waals surface area contributed by atoms with E-state index in [-0.39, 0.29) is 5.56 Å². The summed E-state index contributed by atoms with van der Waals surface area (Å²) in [5.41, 5.74) is 2.98. The van der Waals surface area contributed by atoms with E-state index in [9.17, 15) is 19.1 Å². The first-order chi connectivity index (χ1) is 17.8. The van der Waals surface area contributed by atoms with Crippen molar-refractivity contribution in [2.75, 3.05) is 5.32 Å². The van der Waals surface area contributed by atoms with Gasteiger partial charge in [0, 0.05) is 18.2 Å². The molecular weight excluding hydrogens is 473 g/mol. The number of aryl methyl sites for hydroxylation is 1. The quantitative estimate of drug-likeness (QED) is 0.310. The third kappa shape index (κ3) is 4.70. The van der Waals surface area contributed by atoms with E-state index in [4.69, 9.17) is 4.74 Å². The second-order valence-corrected chi connectivity index (χ2v) is 9.27. The molecule has 0 spiro atoms. The van der Waals surface area contributed by atoms with Gasteiger partial charge in [-0.3, -0.25) is 14.8 Å². The molecule has 0 radical (unpaired) electrons. The summed E-state index contributed by atoms with van der Waals surface area (Å²) >= 11 is 0. The van der Waals surface area contributed by atoms with Crippen LogP contribution in [0.2, 0.25) is 0 Å². The predicted octanol–water partition coefficient (Wildman–Crippen LogP) is 6.32. The number of anilines is 1. The van der Waals surface area contributed by atoms with Gasteiger partial charge >= 0.3 is 12.1 Å². The lowest BCUT2D eigenvalue weighted by atomic mass is 9.93. The Balaban J connectivity index is 1.33. The van der Waals surface area contributed by atoms with Crippen molar-refractivity contribution < 1.29 is 23.8 Å². The van der Waals surface area contributed by atoms with Gasteiger partial charge in [0.1, 0.15) is 17.7 Å². The summed E-state index contributed by atoms with van der Waals surface area (Å²) in [6.45, 7) is 1.80. The molecular formula is C29H26FN3O4. The standard InChI is InChI=1S/C29H26FN3O4/c1-18(19-6-4-3-5-7-19)37-28(36)32-26-23(17-31-33(26)2)21-10-8-20(9-11-21)22-12-13-24(25(30)16-22)29(14-15-29)27(34)35/h3-13,16-18H,14-15H2,1-2H3,(H,32,36)(H,34,35)/t18-/m1/s1. The van der Waals surface area contributed by atoms with Gasteiger partial charge in [-0.1, -0.05) is 66.7 Å². The number of carbonyl (C=O) groups excluding carboxylic acids is 1. The van der Waals surface area contributed by atoms with Gasteiger partial charge in [0.25, 0.3) is 0 Å². The molecule has 1 fully saturated rings. The third-order valence-corrected chi connectivity index (χ3v) is 6.89. The number of carboxylic acid groups (broad SMARTS) is 1. The maximum atomic E-state index is 14.8. The molecule has 7 nitrogen and oxygen atoms in total. The molecule has 0 bridgehead atoms. The van der Waals surface area contributed by atoms with Crippen LogP contribution < -0.4 is 5.32 Å². The van der Waals surface area contributed by atoms with Gasteiger partial charge in [-0.15, -0.1) is 0 Å². The Morgan fingerprint density at radius 1 is 1.03 bits per heavy atom. The number of nitrogens with one attached hydrogen (secondary N) is 1. The first-order valence-electron chi connectivity index (χ1n) is 12.0. The number of halogens is 1. The van der Waals surface area contributed by atoms with Crippen LogP contribution in [-0.4, -0.2) is 26.9 Å². The van der Waals surface area contributed by atoms with Crippen LogP contribution >= 0.6 is 0 Å². The molecule has 1 saturated carbocycles. The van der Waals surface area contributed by atoms with Crippen LogP contribution in [0.15, 0.2) is 79.0 Å². The molecule has 4 aromatic rings. The molecule has 5 rings (SSSR count). The molecule has 1 aromatic heterocycles. The number of amides is 1. The molecule has 0 saturated heterocycles. The third-order valence-electron chi connectivity index (χ3n) is 6.89. The lowest BCUT2D eigenvalue weighted by Gasteiger charge is -2.15. The van der Waals surface area contributed by atoms with Crippen molar-refractivity contribution in [1.29, 1.82) is 0 Å². The number of rotatable bonds is 7. The second-order valence-electron chi connectivity index (χ2n) is 9.27. The van der Waals surface area contributed by atoms with E-state index in [1.54, 1.807) is 37.0 Å². The van der Waals surface area contributed by atoms with Gasteiger partial charge in [-0.05, 0) is 48.1 Å². The molecule has 0 aliphatic heterocycles. The van der Waals surface area contributed by atoms with Crippen LogP contribution in [0, 0.1) is 5.82 Å². The van der Waals surface area contributed by atoms with Crippen molar-refractivity contribution in [2.45, 2.75) is 31.3 Å². The highest BCUT2D eigenvalue weighted by molar-refractivity contribution is 5.90. The molecule has 8 heteroatoms. The minimum Gasteiger partial charge on any atom is -0.481 e. The lowest BCUT2D eigenvalue weighted by Crippen LogP contribution is -2.20. The number of nitrogens with zero attached hydrogens (tertiary/aromatic N) is 2. The summed E-state index contributed by atoms with van der Waals surface area (Å²) in [7, 11) is 1.72. The van der Waals surface area contributed by atoms with E-state index in [0.717, 1.165) is 16.7 Å². The Kier molecular flexibility index (Phi) is 6.25. The molecule has 2 N–H and O–H groups in total. The van der Waals surface area contributed by atoms with Crippen molar-refractivity contribution in [3.8, 4) is 22.3 Å². The molecule has 1 amide bonds. The van der Waals surface area contributed by atoms with Crippen LogP contribution in [0.4, 0.5) is 15.0 Å². The Morgan fingerprint density at radius 3 is 2.30 bits per heavy atom. The number of aromatic nitrogens is 2. The average Bonchev–Trinajstić information content (AvgIpc) is 3.63. The van der Waals surface area contributed by atoms with Crippen LogP contribution in [0.1, 0.15) is 37.0 Å².